The summed E-state index contributed by atoms with van der Waals surface area (Å²) in [6, 6.07) is 8.30. The molecular formula is C31H58F4N5O13P15. The number of rotatable bonds is 16. The van der Waals surface area contributed by atoms with Gasteiger partial charge in [-0.1, -0.05) is 25.1 Å². The maximum atomic E-state index is 14.9. The first-order valence-electron chi connectivity index (χ1n) is 21.1. The summed E-state index contributed by atoms with van der Waals surface area (Å²) >= 11 is 0. The van der Waals surface area contributed by atoms with Crippen LogP contribution in [0, 0.1) is 5.92 Å². The van der Waals surface area contributed by atoms with Gasteiger partial charge in [0.1, 0.15) is 17.9 Å². The number of ether oxygens (including phenoxy) is 3. The summed E-state index contributed by atoms with van der Waals surface area (Å²) in [5.74, 6) is -9.32. The minimum absolute atomic E-state index is 0.0727. The van der Waals surface area contributed by atoms with E-state index < -0.39 is 103 Å². The largest absolute Gasteiger partial charge is 0.468 e. The van der Waals surface area contributed by atoms with Crippen LogP contribution in [-0.4, -0.2) is 90.8 Å². The average molecular weight is 1250 g/mol. The molecule has 2 fully saturated rings. The molecule has 18 atom stereocenters. The lowest BCUT2D eigenvalue weighted by atomic mass is 9.96. The van der Waals surface area contributed by atoms with Crippen molar-refractivity contribution in [1.29, 1.82) is 0 Å². The molecule has 0 radical (unpaired) electrons. The second-order valence-corrected chi connectivity index (χ2v) is 69.5. The number of aromatic nitrogens is 4. The van der Waals surface area contributed by atoms with Gasteiger partial charge in [-0.3, -0.25) is 38.0 Å². The van der Waals surface area contributed by atoms with Crippen LogP contribution < -0.4 is 32.1 Å². The van der Waals surface area contributed by atoms with E-state index >= 15 is 0 Å². The van der Waals surface area contributed by atoms with E-state index in [2.05, 4.69) is 81.3 Å². The SMILES string of the molecule is COC(=O)[C@H](C)NP(=O)(Oc1ccccc1)O[C@@H](C)[C@H]1O[C@@H](n2ccc(=O)[nH]c2=O)C(F)(F)[C@@H]1O.C[C@H](O)[C@H]1O[C@@H](n2ccc(=O)[nH]c2=O)C(F)(F)[C@@H]1C.PP(P)P(P(P)P)P(P(P)P)P(P)P.[2H][2H].[2H][2H]. The number of halogens is 4. The van der Waals surface area contributed by atoms with E-state index in [1.807, 2.05) is 9.97 Å². The summed E-state index contributed by atoms with van der Waals surface area (Å²) in [5, 5.41) is 22.1. The molecule has 0 saturated carbocycles. The molecule has 0 aliphatic carbocycles. The number of aliphatic hydroxyl groups excluding tert-OH is 2. The summed E-state index contributed by atoms with van der Waals surface area (Å²) in [5.41, 5.74) is -3.65. The van der Waals surface area contributed by atoms with Crippen LogP contribution in [0.25, 0.3) is 0 Å². The second-order valence-electron chi connectivity index (χ2n) is 14.4. The van der Waals surface area contributed by atoms with Gasteiger partial charge in [0.2, 0.25) is 12.5 Å². The molecule has 2 aliphatic heterocycles. The van der Waals surface area contributed by atoms with Gasteiger partial charge in [0.05, 0.1) is 31.3 Å². The van der Waals surface area contributed by atoms with Crippen molar-refractivity contribution in [2.24, 2.45) is 5.92 Å². The Labute approximate surface area is 419 Å². The van der Waals surface area contributed by atoms with E-state index in [1.54, 1.807) is 18.2 Å². The fraction of sp³-hybridized carbons (Fsp3) is 0.516. The highest BCUT2D eigenvalue weighted by Gasteiger charge is 2.62. The molecule has 2 saturated heterocycles. The number of nitrogens with one attached hydrogen (secondary N) is 3. The Morgan fingerprint density at radius 1 is 0.809 bits per heavy atom. The summed E-state index contributed by atoms with van der Waals surface area (Å²) in [6.45, 7) is 5.83. The van der Waals surface area contributed by atoms with E-state index in [9.17, 15) is 56.3 Å². The predicted molar refractivity (Wildman–Crippen MR) is 300 cm³/mol. The number of hydrogen-bond donors (Lipinski definition) is 5. The number of aliphatic hydroxyl groups is 2. The van der Waals surface area contributed by atoms with Crippen molar-refractivity contribution in [1.82, 2.24) is 24.2 Å². The monoisotopic (exact) mass is 1250 g/mol. The smallest absolute Gasteiger partial charge is 0.459 e. The molecule has 0 bridgehead atoms. The van der Waals surface area contributed by atoms with Crippen LogP contribution in [0.15, 0.2) is 74.0 Å². The van der Waals surface area contributed by atoms with Crippen LogP contribution in [-0.2, 0) is 28.1 Å². The van der Waals surface area contributed by atoms with Gasteiger partial charge >= 0.3 is 31.0 Å². The van der Waals surface area contributed by atoms with Crippen molar-refractivity contribution in [2.75, 3.05) is 7.11 Å². The summed E-state index contributed by atoms with van der Waals surface area (Å²) < 4.78 is 118. The fourth-order valence-electron chi connectivity index (χ4n) is 6.16. The molecule has 1 aromatic carbocycles. The molecule has 3 aromatic rings. The molecule has 2 aromatic heterocycles. The van der Waals surface area contributed by atoms with Gasteiger partial charge in [0.25, 0.3) is 17.0 Å². The third-order valence-corrected chi connectivity index (χ3v) is 90.0. The van der Waals surface area contributed by atoms with Gasteiger partial charge in [-0.05, 0) is 74.8 Å². The number of H-pyrrole nitrogens is 2. The Hall–Kier alpha value is 1.58. The zero-order valence-corrected chi connectivity index (χ0v) is 51.9. The van der Waals surface area contributed by atoms with Crippen molar-refractivity contribution < 1.29 is 66.3 Å². The lowest BCUT2D eigenvalue weighted by molar-refractivity contribution is -0.142. The molecule has 5 N–H and O–H groups in total. The number of carbonyl (C=O) groups excluding carboxylic acids is 1. The normalized spacial score (nSPS) is 24.5. The molecule has 37 heteroatoms. The number of alkyl halides is 4. The Bertz CT molecular complexity index is 2400. The number of esters is 1. The first kappa shape index (κ1) is 60.4. The Morgan fingerprint density at radius 3 is 1.62 bits per heavy atom. The molecule has 0 amide bonds. The van der Waals surface area contributed by atoms with Crippen LogP contribution in [0.4, 0.5) is 17.6 Å². The van der Waals surface area contributed by atoms with E-state index in [0.29, 0.717) is 9.13 Å². The molecule has 9 unspecified atom stereocenters. The standard InChI is InChI=1S/C20H24F2N3O9P.C11H14F2N2O4.H16P14.2H2/c1-11(17(28)31-3)24-35(30,34-13-7-5-4-6-8-13)33-12(2)15-16(27)20(21,22)18(32-15)25-10-9-14(26)23-19(25)29;1-5-8(6(2)16)19-9(11(5,12)13)15-4-3-7(17)14-10(15)18;1-9(2)13(10(3)4)14(11(5)6)12(7)8;;/h4-12,15-16,18,27H,1-3H3,(H,24,30)(H,23,26,29);3-6,8-9,16H,1-2H3,(H,14,17,18);1-8H2;2*1H/t11-,12-,15+,16+,18+,35?;5-,6+,8+,9-;;;/m01.../s1/i;;;2*1+1D. The molecule has 4 heterocycles. The molecule has 388 valence electrons. The number of methoxy groups -OCH3 is 1. The van der Waals surface area contributed by atoms with Crippen LogP contribution in [0.1, 0.15) is 46.1 Å². The van der Waals surface area contributed by atoms with Crippen molar-refractivity contribution in [3.05, 3.63) is 96.5 Å². The van der Waals surface area contributed by atoms with Gasteiger partial charge < -0.3 is 28.9 Å². The van der Waals surface area contributed by atoms with Crippen molar-refractivity contribution in [2.45, 2.75) is 88.6 Å². The quantitative estimate of drug-likeness (QED) is 0.0510. The second kappa shape index (κ2) is 28.1. The van der Waals surface area contributed by atoms with Crippen molar-refractivity contribution in [3.8, 4) is 5.75 Å². The van der Waals surface area contributed by atoms with Gasteiger partial charge in [0, 0.05) is 30.5 Å². The fourth-order valence-corrected chi connectivity index (χ4v) is 155. The Morgan fingerprint density at radius 2 is 1.24 bits per heavy atom. The van der Waals surface area contributed by atoms with Crippen LogP contribution in [0.2, 0.25) is 0 Å². The highest BCUT2D eigenvalue weighted by atomic mass is 33.3. The summed E-state index contributed by atoms with van der Waals surface area (Å²) in [4.78, 5) is 61.3. The lowest BCUT2D eigenvalue weighted by Gasteiger charge is -2.37. The Kier molecular flexibility index (Phi) is 25.0. The van der Waals surface area contributed by atoms with Gasteiger partial charge in [-0.25, -0.2) is 22.9 Å². The number of aromatic amines is 2. The number of carbonyl (C=O) groups is 1. The first-order chi connectivity index (χ1) is 33.4. The van der Waals surface area contributed by atoms with Crippen LogP contribution in [0.3, 0.4) is 0 Å². The first-order valence-corrected chi connectivity index (χ1v) is 45.2. The highest BCUT2D eigenvalue weighted by Crippen LogP contribution is 3.21. The van der Waals surface area contributed by atoms with Crippen LogP contribution in [0.5, 0.6) is 5.75 Å². The molecule has 18 nitrogen and oxygen atoms in total. The van der Waals surface area contributed by atoms with Gasteiger partial charge in [-0.15, -0.1) is 71.4 Å². The number of para-hydroxylation sites is 1. The highest BCUT2D eigenvalue weighted by molar-refractivity contribution is 9.27. The molecular weight excluding hydrogens is 1190 g/mol. The zero-order chi connectivity index (χ0) is 55.8. The number of benzene rings is 1. The molecule has 5 rings (SSSR count). The van der Waals surface area contributed by atoms with Crippen molar-refractivity contribution >= 4 is 127 Å². The van der Waals surface area contributed by atoms with E-state index in [0.717, 1.165) is 31.6 Å². The molecule has 68 heavy (non-hydrogen) atoms. The average Bonchev–Trinajstić information content (AvgIpc) is 3.68. The third kappa shape index (κ3) is 17.0. The minimum atomic E-state index is -4.45. The Balaban J connectivity index is 0.000000587. The van der Waals surface area contributed by atoms with E-state index in [-0.39, 0.29) is 47.7 Å². The van der Waals surface area contributed by atoms with Gasteiger partial charge in [0.15, 0.2) is 6.10 Å². The van der Waals surface area contributed by atoms with E-state index in [1.165, 1.54) is 39.8 Å². The lowest BCUT2D eigenvalue weighted by Crippen LogP contribution is -2.44. The third-order valence-electron chi connectivity index (χ3n) is 9.35. The van der Waals surface area contributed by atoms with Gasteiger partial charge in [-0.2, -0.15) is 13.9 Å². The van der Waals surface area contributed by atoms with E-state index in [4.69, 9.17) is 24.5 Å². The van der Waals surface area contributed by atoms with Crippen molar-refractivity contribution in [3.63, 3.8) is 0 Å². The minimum Gasteiger partial charge on any atom is -0.468 e. The molecule has 2 aliphatic rings. The maximum absolute atomic E-state index is 14.9. The van der Waals surface area contributed by atoms with Crippen LogP contribution >= 0.6 is 121 Å². The number of nitrogens with zero attached hydrogens (tertiary/aromatic N) is 2. The topological polar surface area (TPSA) is 242 Å². The molecule has 0 spiro atoms. The zero-order valence-electron chi connectivity index (χ0n) is 40.4. The maximum Gasteiger partial charge on any atom is 0.459 e. The predicted octanol–water partition coefficient (Wildman–Crippen LogP) is 9.53. The summed E-state index contributed by atoms with van der Waals surface area (Å²) in [6.07, 6.45) is -10.4. The summed E-state index contributed by atoms with van der Waals surface area (Å²) in [7, 11) is 21.0. The number of hydrogen-bond acceptors (Lipinski definition) is 13.